The molecule has 1 aromatic rings. The molecule has 0 spiro atoms. The number of hydrogen-bond donors (Lipinski definition) is 1. The molecule has 1 aliphatic heterocycles. The van der Waals surface area contributed by atoms with E-state index < -0.39 is 0 Å². The second-order valence-electron chi connectivity index (χ2n) is 4.35. The van der Waals surface area contributed by atoms with Crippen LogP contribution in [-0.2, 0) is 0 Å². The molecule has 94 valence electrons. The predicted molar refractivity (Wildman–Crippen MR) is 68.9 cm³/mol. The van der Waals surface area contributed by atoms with Gasteiger partial charge in [0.1, 0.15) is 5.82 Å². The molecule has 1 aromatic carbocycles. The van der Waals surface area contributed by atoms with Gasteiger partial charge in [-0.25, -0.2) is 4.39 Å². The Balaban J connectivity index is 2.24. The van der Waals surface area contributed by atoms with E-state index in [1.807, 2.05) is 12.1 Å². The van der Waals surface area contributed by atoms with E-state index in [1.54, 1.807) is 6.07 Å². The first kappa shape index (κ1) is 12.8. The van der Waals surface area contributed by atoms with Crippen LogP contribution in [0.25, 0.3) is 0 Å². The molecule has 1 heterocycles. The fraction of sp³-hybridized carbons (Fsp3) is 0.538. The quantitative estimate of drug-likeness (QED) is 0.895. The van der Waals surface area contributed by atoms with Crippen LogP contribution in [0.2, 0.25) is 5.02 Å². The van der Waals surface area contributed by atoms with Gasteiger partial charge in [0.15, 0.2) is 0 Å². The van der Waals surface area contributed by atoms with Crippen LogP contribution in [0.3, 0.4) is 0 Å². The summed E-state index contributed by atoms with van der Waals surface area (Å²) in [4.78, 5) is 2.32. The van der Waals surface area contributed by atoms with E-state index in [4.69, 9.17) is 11.6 Å². The lowest BCUT2D eigenvalue weighted by Crippen LogP contribution is -2.45. The molecule has 1 aliphatic rings. The topological polar surface area (TPSA) is 15.3 Å². The van der Waals surface area contributed by atoms with Gasteiger partial charge in [0.05, 0.1) is 5.02 Å². The van der Waals surface area contributed by atoms with Gasteiger partial charge in [0.2, 0.25) is 0 Å². The van der Waals surface area contributed by atoms with Crippen molar-refractivity contribution in [2.75, 3.05) is 26.2 Å². The number of hydrogen-bond acceptors (Lipinski definition) is 2. The van der Waals surface area contributed by atoms with Crippen LogP contribution in [-0.4, -0.2) is 31.1 Å². The Morgan fingerprint density at radius 3 is 2.76 bits per heavy atom. The average molecular weight is 257 g/mol. The van der Waals surface area contributed by atoms with Crippen molar-refractivity contribution in [2.24, 2.45) is 0 Å². The maximum atomic E-state index is 14.0. The van der Waals surface area contributed by atoms with E-state index in [0.29, 0.717) is 0 Å². The van der Waals surface area contributed by atoms with E-state index in [-0.39, 0.29) is 16.9 Å². The second kappa shape index (κ2) is 5.80. The third kappa shape index (κ3) is 2.79. The Morgan fingerprint density at radius 1 is 1.41 bits per heavy atom. The summed E-state index contributed by atoms with van der Waals surface area (Å²) in [7, 11) is 0. The van der Waals surface area contributed by atoms with Gasteiger partial charge in [-0.15, -0.1) is 0 Å². The summed E-state index contributed by atoms with van der Waals surface area (Å²) in [6, 6.07) is 5.41. The first-order valence-corrected chi connectivity index (χ1v) is 6.50. The van der Waals surface area contributed by atoms with E-state index in [0.717, 1.165) is 38.2 Å². The minimum Gasteiger partial charge on any atom is -0.314 e. The lowest BCUT2D eigenvalue weighted by molar-refractivity contribution is 0.166. The van der Waals surface area contributed by atoms with Gasteiger partial charge in [-0.1, -0.05) is 30.7 Å². The molecular formula is C13H18ClFN2. The minimum absolute atomic E-state index is 0.135. The number of piperazine rings is 1. The van der Waals surface area contributed by atoms with Crippen molar-refractivity contribution in [1.82, 2.24) is 10.2 Å². The molecule has 0 amide bonds. The highest BCUT2D eigenvalue weighted by Gasteiger charge is 2.23. The molecule has 4 heteroatoms. The van der Waals surface area contributed by atoms with Gasteiger partial charge >= 0.3 is 0 Å². The van der Waals surface area contributed by atoms with E-state index >= 15 is 0 Å². The molecule has 0 saturated carbocycles. The van der Waals surface area contributed by atoms with Gasteiger partial charge < -0.3 is 5.32 Å². The van der Waals surface area contributed by atoms with Gasteiger partial charge in [-0.2, -0.15) is 0 Å². The van der Waals surface area contributed by atoms with Crippen molar-refractivity contribution >= 4 is 11.6 Å². The van der Waals surface area contributed by atoms with Crippen molar-refractivity contribution < 1.29 is 4.39 Å². The Bertz CT molecular complexity index is 378. The highest BCUT2D eigenvalue weighted by atomic mass is 35.5. The van der Waals surface area contributed by atoms with Crippen LogP contribution in [0.1, 0.15) is 24.9 Å². The molecule has 0 radical (unpaired) electrons. The van der Waals surface area contributed by atoms with Crippen LogP contribution in [0.15, 0.2) is 18.2 Å². The van der Waals surface area contributed by atoms with Gasteiger partial charge in [0.25, 0.3) is 0 Å². The highest BCUT2D eigenvalue weighted by molar-refractivity contribution is 6.30. The standard InChI is InChI=1S/C13H18ClFN2/c1-2-12(17-8-6-16-7-9-17)10-4-3-5-11(14)13(10)15/h3-5,12,16H,2,6-9H2,1H3/t12-/m0/s1. The smallest absolute Gasteiger partial charge is 0.146 e. The maximum absolute atomic E-state index is 14.0. The zero-order valence-corrected chi connectivity index (χ0v) is 10.8. The molecule has 1 atom stereocenters. The van der Waals surface area contributed by atoms with Crippen molar-refractivity contribution in [3.8, 4) is 0 Å². The van der Waals surface area contributed by atoms with Crippen molar-refractivity contribution in [2.45, 2.75) is 19.4 Å². The lowest BCUT2D eigenvalue weighted by atomic mass is 10.0. The van der Waals surface area contributed by atoms with Crippen molar-refractivity contribution in [1.29, 1.82) is 0 Å². The first-order valence-electron chi connectivity index (χ1n) is 6.12. The monoisotopic (exact) mass is 256 g/mol. The Morgan fingerprint density at radius 2 is 2.12 bits per heavy atom. The second-order valence-corrected chi connectivity index (χ2v) is 4.76. The van der Waals surface area contributed by atoms with Crippen LogP contribution >= 0.6 is 11.6 Å². The fourth-order valence-corrected chi connectivity index (χ4v) is 2.63. The molecule has 1 saturated heterocycles. The highest BCUT2D eigenvalue weighted by Crippen LogP contribution is 2.29. The molecule has 0 aliphatic carbocycles. The third-order valence-electron chi connectivity index (χ3n) is 3.32. The molecule has 2 rings (SSSR count). The zero-order valence-electron chi connectivity index (χ0n) is 10.0. The van der Waals surface area contributed by atoms with E-state index in [2.05, 4.69) is 17.1 Å². The molecule has 1 N–H and O–H groups in total. The van der Waals surface area contributed by atoms with Crippen LogP contribution < -0.4 is 5.32 Å². The number of nitrogens with zero attached hydrogens (tertiary/aromatic N) is 1. The summed E-state index contributed by atoms with van der Waals surface area (Å²) in [6.45, 7) is 5.96. The Hall–Kier alpha value is -0.640. The predicted octanol–water partition coefficient (Wildman–Crippen LogP) is 2.84. The molecule has 0 bridgehead atoms. The third-order valence-corrected chi connectivity index (χ3v) is 3.61. The molecular weight excluding hydrogens is 239 g/mol. The van der Waals surface area contributed by atoms with Crippen LogP contribution in [0.5, 0.6) is 0 Å². The van der Waals surface area contributed by atoms with Gasteiger partial charge in [-0.05, 0) is 12.5 Å². The van der Waals surface area contributed by atoms with E-state index in [1.165, 1.54) is 0 Å². The Labute approximate surface area is 107 Å². The summed E-state index contributed by atoms with van der Waals surface area (Å²) < 4.78 is 14.0. The molecule has 17 heavy (non-hydrogen) atoms. The molecule has 0 aromatic heterocycles. The molecule has 2 nitrogen and oxygen atoms in total. The van der Waals surface area contributed by atoms with Crippen LogP contribution in [0.4, 0.5) is 4.39 Å². The van der Waals surface area contributed by atoms with Crippen LogP contribution in [0, 0.1) is 5.82 Å². The minimum atomic E-state index is -0.264. The number of benzene rings is 1. The number of halogens is 2. The SMILES string of the molecule is CC[C@@H](c1cccc(Cl)c1F)N1CCNCC1. The fourth-order valence-electron chi connectivity index (χ4n) is 2.45. The van der Waals surface area contributed by atoms with Crippen molar-refractivity contribution in [3.05, 3.63) is 34.6 Å². The first-order chi connectivity index (χ1) is 8.24. The van der Waals surface area contributed by atoms with E-state index in [9.17, 15) is 4.39 Å². The normalized spacial score (nSPS) is 19.2. The summed E-state index contributed by atoms with van der Waals surface area (Å²) in [5, 5.41) is 3.53. The summed E-state index contributed by atoms with van der Waals surface area (Å²) >= 11 is 5.85. The summed E-state index contributed by atoms with van der Waals surface area (Å²) in [5.74, 6) is -0.264. The van der Waals surface area contributed by atoms with Crippen molar-refractivity contribution in [3.63, 3.8) is 0 Å². The largest absolute Gasteiger partial charge is 0.314 e. The maximum Gasteiger partial charge on any atom is 0.146 e. The Kier molecular flexibility index (Phi) is 4.37. The lowest BCUT2D eigenvalue weighted by Gasteiger charge is -2.34. The number of rotatable bonds is 3. The zero-order chi connectivity index (χ0) is 12.3. The number of nitrogens with one attached hydrogen (secondary N) is 1. The molecule has 1 fully saturated rings. The summed E-state index contributed by atoms with van der Waals surface area (Å²) in [5.41, 5.74) is 0.724. The molecule has 0 unspecified atom stereocenters. The van der Waals surface area contributed by atoms with Gasteiger partial charge in [0, 0.05) is 37.8 Å². The average Bonchev–Trinajstić information content (AvgIpc) is 2.37. The van der Waals surface area contributed by atoms with Gasteiger partial charge in [-0.3, -0.25) is 4.90 Å². The summed E-state index contributed by atoms with van der Waals surface area (Å²) in [6.07, 6.45) is 0.900.